The highest BCUT2D eigenvalue weighted by Gasteiger charge is 1.94. The smallest absolute Gasteiger partial charge is 0.119 e. The summed E-state index contributed by atoms with van der Waals surface area (Å²) in [7, 11) is 0. The van der Waals surface area contributed by atoms with Crippen LogP contribution in [-0.4, -0.2) is 32.8 Å². The maximum atomic E-state index is 5.68. The highest BCUT2D eigenvalue weighted by Crippen LogP contribution is 2.12. The number of hydrogen-bond acceptors (Lipinski definition) is 3. The van der Waals surface area contributed by atoms with Gasteiger partial charge in [0.2, 0.25) is 0 Å². The van der Waals surface area contributed by atoms with Gasteiger partial charge < -0.3 is 15.4 Å². The van der Waals surface area contributed by atoms with E-state index in [9.17, 15) is 0 Å². The molecule has 0 aliphatic heterocycles. The molecule has 0 aliphatic carbocycles. The fraction of sp³-hybridized carbons (Fsp3) is 0.600. The van der Waals surface area contributed by atoms with Gasteiger partial charge in [-0.1, -0.05) is 19.1 Å². The van der Waals surface area contributed by atoms with Gasteiger partial charge in [-0.25, -0.2) is 0 Å². The number of aryl methyl sites for hydroxylation is 1. The number of nitrogens with one attached hydrogen (secondary N) is 2. The van der Waals surface area contributed by atoms with Gasteiger partial charge in [-0.05, 0) is 63.6 Å². The summed E-state index contributed by atoms with van der Waals surface area (Å²) in [4.78, 5) is 0. The minimum Gasteiger partial charge on any atom is -0.494 e. The van der Waals surface area contributed by atoms with Gasteiger partial charge >= 0.3 is 0 Å². The Bertz CT molecular complexity index is 315. The van der Waals surface area contributed by atoms with Crippen molar-refractivity contribution >= 4 is 0 Å². The van der Waals surface area contributed by atoms with Gasteiger partial charge in [0.15, 0.2) is 0 Å². The molecule has 0 aromatic heterocycles. The fourth-order valence-electron chi connectivity index (χ4n) is 1.73. The zero-order valence-electron chi connectivity index (χ0n) is 11.7. The van der Waals surface area contributed by atoms with Crippen molar-refractivity contribution in [1.29, 1.82) is 0 Å². The lowest BCUT2D eigenvalue weighted by Gasteiger charge is -2.08. The largest absolute Gasteiger partial charge is 0.494 e. The zero-order valence-corrected chi connectivity index (χ0v) is 11.7. The van der Waals surface area contributed by atoms with E-state index in [0.29, 0.717) is 0 Å². The van der Waals surface area contributed by atoms with E-state index in [-0.39, 0.29) is 0 Å². The number of ether oxygens (including phenoxy) is 1. The van der Waals surface area contributed by atoms with E-state index < -0.39 is 0 Å². The molecule has 1 rings (SSSR count). The Labute approximate surface area is 111 Å². The summed E-state index contributed by atoms with van der Waals surface area (Å²) in [6.45, 7) is 9.27. The molecule has 0 amide bonds. The topological polar surface area (TPSA) is 33.3 Å². The molecule has 0 bridgehead atoms. The van der Waals surface area contributed by atoms with E-state index in [0.717, 1.165) is 45.0 Å². The molecule has 0 saturated carbocycles. The zero-order chi connectivity index (χ0) is 13.1. The number of hydrogen-bond donors (Lipinski definition) is 2. The summed E-state index contributed by atoms with van der Waals surface area (Å²) >= 11 is 0. The van der Waals surface area contributed by atoms with E-state index in [1.54, 1.807) is 0 Å². The second kappa shape index (κ2) is 9.92. The van der Waals surface area contributed by atoms with Gasteiger partial charge in [0.25, 0.3) is 0 Å². The fourth-order valence-corrected chi connectivity index (χ4v) is 1.73. The van der Waals surface area contributed by atoms with Gasteiger partial charge in [-0.2, -0.15) is 0 Å². The first-order valence-corrected chi connectivity index (χ1v) is 6.94. The van der Waals surface area contributed by atoms with Gasteiger partial charge in [0.1, 0.15) is 5.75 Å². The third-order valence-corrected chi connectivity index (χ3v) is 2.71. The summed E-state index contributed by atoms with van der Waals surface area (Å²) in [5.74, 6) is 0.974. The highest BCUT2D eigenvalue weighted by atomic mass is 16.5. The predicted octanol–water partition coefficient (Wildman–Crippen LogP) is 2.35. The predicted molar refractivity (Wildman–Crippen MR) is 77.3 cm³/mol. The van der Waals surface area contributed by atoms with Crippen LogP contribution in [-0.2, 0) is 0 Å². The van der Waals surface area contributed by atoms with E-state index in [2.05, 4.69) is 36.6 Å². The molecule has 0 fully saturated rings. The van der Waals surface area contributed by atoms with Crippen molar-refractivity contribution in [1.82, 2.24) is 10.6 Å². The van der Waals surface area contributed by atoms with E-state index >= 15 is 0 Å². The molecule has 0 saturated heterocycles. The van der Waals surface area contributed by atoms with Crippen LogP contribution in [0.2, 0.25) is 0 Å². The van der Waals surface area contributed by atoms with Crippen LogP contribution in [0.1, 0.15) is 25.3 Å². The lowest BCUT2D eigenvalue weighted by Crippen LogP contribution is -2.23. The maximum absolute atomic E-state index is 5.68. The summed E-state index contributed by atoms with van der Waals surface area (Å²) in [5.41, 5.74) is 1.24. The van der Waals surface area contributed by atoms with E-state index in [1.165, 1.54) is 12.0 Å². The van der Waals surface area contributed by atoms with Crippen LogP contribution < -0.4 is 15.4 Å². The minimum atomic E-state index is 0.781. The quantitative estimate of drug-likeness (QED) is 0.625. The minimum absolute atomic E-state index is 0.781. The van der Waals surface area contributed by atoms with Crippen LogP contribution in [0.3, 0.4) is 0 Å². The molecule has 1 aromatic rings. The first-order chi connectivity index (χ1) is 8.83. The maximum Gasteiger partial charge on any atom is 0.119 e. The molecule has 0 aliphatic rings. The molecule has 18 heavy (non-hydrogen) atoms. The molecule has 1 aromatic carbocycles. The lowest BCUT2D eigenvalue weighted by atomic mass is 10.2. The van der Waals surface area contributed by atoms with Crippen LogP contribution in [0.25, 0.3) is 0 Å². The van der Waals surface area contributed by atoms with Crippen LogP contribution in [0.5, 0.6) is 5.75 Å². The van der Waals surface area contributed by atoms with Crippen LogP contribution in [0.4, 0.5) is 0 Å². The van der Waals surface area contributed by atoms with Crippen LogP contribution in [0.15, 0.2) is 24.3 Å². The molecular weight excluding hydrogens is 224 g/mol. The van der Waals surface area contributed by atoms with Crippen molar-refractivity contribution in [3.63, 3.8) is 0 Å². The number of rotatable bonds is 10. The standard InChI is InChI=1S/C15H26N2O/c1-3-16-9-5-10-17-11-6-12-18-15-8-4-7-14(2)13-15/h4,7-8,13,16-17H,3,5-6,9-12H2,1-2H3. The average molecular weight is 250 g/mol. The molecule has 0 spiro atoms. The molecule has 0 unspecified atom stereocenters. The molecule has 102 valence electrons. The average Bonchev–Trinajstić information content (AvgIpc) is 2.37. The molecule has 2 N–H and O–H groups in total. The Morgan fingerprint density at radius 1 is 1.06 bits per heavy atom. The van der Waals surface area contributed by atoms with Crippen molar-refractivity contribution in [2.24, 2.45) is 0 Å². The monoisotopic (exact) mass is 250 g/mol. The van der Waals surface area contributed by atoms with Crippen LogP contribution >= 0.6 is 0 Å². The summed E-state index contributed by atoms with van der Waals surface area (Å²) < 4.78 is 5.68. The lowest BCUT2D eigenvalue weighted by molar-refractivity contribution is 0.308. The van der Waals surface area contributed by atoms with Crippen molar-refractivity contribution in [2.75, 3.05) is 32.8 Å². The number of benzene rings is 1. The van der Waals surface area contributed by atoms with Gasteiger partial charge in [-0.15, -0.1) is 0 Å². The summed E-state index contributed by atoms with van der Waals surface area (Å²) in [6.07, 6.45) is 2.24. The van der Waals surface area contributed by atoms with Crippen molar-refractivity contribution in [3.05, 3.63) is 29.8 Å². The molecule has 0 heterocycles. The first-order valence-electron chi connectivity index (χ1n) is 6.94. The molecule has 0 radical (unpaired) electrons. The third kappa shape index (κ3) is 7.30. The SMILES string of the molecule is CCNCCCNCCCOc1cccc(C)c1. The molecule has 3 heteroatoms. The van der Waals surface area contributed by atoms with Crippen molar-refractivity contribution in [2.45, 2.75) is 26.7 Å². The highest BCUT2D eigenvalue weighted by molar-refractivity contribution is 5.27. The second-order valence-corrected chi connectivity index (χ2v) is 4.48. The molecular formula is C15H26N2O. The molecule has 0 atom stereocenters. The van der Waals surface area contributed by atoms with Crippen molar-refractivity contribution < 1.29 is 4.74 Å². The Morgan fingerprint density at radius 3 is 2.61 bits per heavy atom. The van der Waals surface area contributed by atoms with Crippen molar-refractivity contribution in [3.8, 4) is 5.75 Å². The van der Waals surface area contributed by atoms with Gasteiger partial charge in [0, 0.05) is 0 Å². The molecule has 3 nitrogen and oxygen atoms in total. The third-order valence-electron chi connectivity index (χ3n) is 2.71. The van der Waals surface area contributed by atoms with Crippen LogP contribution in [0, 0.1) is 6.92 Å². The van der Waals surface area contributed by atoms with Gasteiger partial charge in [-0.3, -0.25) is 0 Å². The Morgan fingerprint density at radius 2 is 1.83 bits per heavy atom. The Hall–Kier alpha value is -1.06. The normalized spacial score (nSPS) is 10.6. The second-order valence-electron chi connectivity index (χ2n) is 4.48. The first kappa shape index (κ1) is 15.0. The van der Waals surface area contributed by atoms with Gasteiger partial charge in [0.05, 0.1) is 6.61 Å². The summed E-state index contributed by atoms with van der Waals surface area (Å²) in [6, 6.07) is 8.20. The Kier molecular flexibility index (Phi) is 8.26. The van der Waals surface area contributed by atoms with E-state index in [1.807, 2.05) is 12.1 Å². The van der Waals surface area contributed by atoms with E-state index in [4.69, 9.17) is 4.74 Å². The Balaban J connectivity index is 1.92. The summed E-state index contributed by atoms with van der Waals surface area (Å²) in [5, 5.41) is 6.73.